The third-order valence-electron chi connectivity index (χ3n) is 7.01. The predicted molar refractivity (Wildman–Crippen MR) is 169 cm³/mol. The van der Waals surface area contributed by atoms with Crippen molar-refractivity contribution in [3.8, 4) is 0 Å². The number of allylic oxidation sites excluding steroid dienone is 2. The highest BCUT2D eigenvalue weighted by atomic mass is 32.2. The lowest BCUT2D eigenvalue weighted by atomic mass is 10.1. The van der Waals surface area contributed by atoms with E-state index in [1.165, 1.54) is 11.8 Å². The van der Waals surface area contributed by atoms with Crippen LogP contribution in [-0.4, -0.2) is 28.5 Å². The lowest BCUT2D eigenvalue weighted by Gasteiger charge is -2.40. The zero-order valence-corrected chi connectivity index (χ0v) is 23.6. The van der Waals surface area contributed by atoms with Gasteiger partial charge in [-0.1, -0.05) is 79.8 Å². The summed E-state index contributed by atoms with van der Waals surface area (Å²) in [6, 6.07) is 29.6. The van der Waals surface area contributed by atoms with E-state index in [0.717, 1.165) is 31.9 Å². The van der Waals surface area contributed by atoms with Gasteiger partial charge in [0, 0.05) is 21.2 Å². The van der Waals surface area contributed by atoms with Crippen LogP contribution in [0.15, 0.2) is 125 Å². The first-order valence-electron chi connectivity index (χ1n) is 13.4. The molecule has 40 heavy (non-hydrogen) atoms. The fraction of sp³-hybridized carbons (Fsp3) is 0.152. The fourth-order valence-corrected chi connectivity index (χ4v) is 7.30. The van der Waals surface area contributed by atoms with Crippen molar-refractivity contribution in [1.82, 2.24) is 0 Å². The zero-order chi connectivity index (χ0) is 27.5. The molecule has 1 heterocycles. The van der Waals surface area contributed by atoms with Crippen molar-refractivity contribution in [2.24, 2.45) is 0 Å². The SMILES string of the molecule is CCC(Sc1cccc(NC(=O)N2c3ccccc3SC3C=CC=CC32)c1)C(=O)Nc1ccc2ccccc2c1. The van der Waals surface area contributed by atoms with Crippen LogP contribution in [0.25, 0.3) is 10.8 Å². The zero-order valence-electron chi connectivity index (χ0n) is 22.0. The Morgan fingerprint density at radius 2 is 1.62 bits per heavy atom. The van der Waals surface area contributed by atoms with Crippen molar-refractivity contribution in [1.29, 1.82) is 0 Å². The van der Waals surface area contributed by atoms with Crippen LogP contribution in [0.1, 0.15) is 13.3 Å². The van der Waals surface area contributed by atoms with E-state index in [0.29, 0.717) is 12.1 Å². The second-order valence-electron chi connectivity index (χ2n) is 9.70. The lowest BCUT2D eigenvalue weighted by molar-refractivity contribution is -0.115. The van der Waals surface area contributed by atoms with Gasteiger partial charge in [-0.2, -0.15) is 0 Å². The molecule has 6 rings (SSSR count). The maximum absolute atomic E-state index is 13.7. The van der Waals surface area contributed by atoms with Crippen LogP contribution in [0.5, 0.6) is 0 Å². The van der Waals surface area contributed by atoms with E-state index in [2.05, 4.69) is 34.9 Å². The quantitative estimate of drug-likeness (QED) is 0.231. The highest BCUT2D eigenvalue weighted by Crippen LogP contribution is 2.43. The second-order valence-corrected chi connectivity index (χ2v) is 12.2. The summed E-state index contributed by atoms with van der Waals surface area (Å²) in [6.45, 7) is 2.01. The highest BCUT2D eigenvalue weighted by molar-refractivity contribution is 8.00. The van der Waals surface area contributed by atoms with E-state index < -0.39 is 0 Å². The number of benzene rings is 4. The first-order chi connectivity index (χ1) is 19.6. The van der Waals surface area contributed by atoms with Gasteiger partial charge in [0.2, 0.25) is 5.91 Å². The summed E-state index contributed by atoms with van der Waals surface area (Å²) in [5.41, 5.74) is 2.39. The topological polar surface area (TPSA) is 61.4 Å². The number of fused-ring (bicyclic) bond motifs is 3. The Morgan fingerprint density at radius 1 is 0.850 bits per heavy atom. The van der Waals surface area contributed by atoms with Crippen LogP contribution >= 0.6 is 23.5 Å². The maximum atomic E-state index is 13.7. The van der Waals surface area contributed by atoms with Gasteiger partial charge in [0.1, 0.15) is 0 Å². The number of nitrogens with zero attached hydrogens (tertiary/aromatic N) is 1. The Labute approximate surface area is 242 Å². The molecule has 3 amide bonds. The van der Waals surface area contributed by atoms with Gasteiger partial charge in [-0.3, -0.25) is 9.69 Å². The van der Waals surface area contributed by atoms with Crippen LogP contribution in [0.2, 0.25) is 0 Å². The Hall–Kier alpha value is -3.94. The third kappa shape index (κ3) is 5.53. The number of urea groups is 1. The van der Waals surface area contributed by atoms with E-state index in [1.54, 1.807) is 11.8 Å². The van der Waals surface area contributed by atoms with E-state index >= 15 is 0 Å². The Bertz CT molecular complexity index is 1630. The molecule has 0 saturated heterocycles. The fourth-order valence-electron chi connectivity index (χ4n) is 5.03. The molecule has 5 nitrogen and oxygen atoms in total. The lowest BCUT2D eigenvalue weighted by Crippen LogP contribution is -2.49. The smallest absolute Gasteiger partial charge is 0.325 e. The average molecular weight is 564 g/mol. The number of hydrogen-bond acceptors (Lipinski definition) is 4. The van der Waals surface area contributed by atoms with Crippen molar-refractivity contribution in [2.45, 2.75) is 39.7 Å². The molecular weight excluding hydrogens is 535 g/mol. The number of carbonyl (C=O) groups excluding carboxylic acids is 2. The number of rotatable bonds is 6. The number of nitrogens with one attached hydrogen (secondary N) is 2. The minimum atomic E-state index is -0.275. The molecule has 3 unspecified atom stereocenters. The summed E-state index contributed by atoms with van der Waals surface area (Å²) in [4.78, 5) is 30.7. The first kappa shape index (κ1) is 26.3. The largest absolute Gasteiger partial charge is 0.326 e. The second kappa shape index (κ2) is 11.7. The van der Waals surface area contributed by atoms with Gasteiger partial charge in [-0.05, 0) is 59.7 Å². The molecule has 4 aromatic rings. The van der Waals surface area contributed by atoms with E-state index in [-0.39, 0.29) is 28.5 Å². The predicted octanol–water partition coefficient (Wildman–Crippen LogP) is 8.36. The summed E-state index contributed by atoms with van der Waals surface area (Å²) < 4.78 is 0. The van der Waals surface area contributed by atoms with Gasteiger partial charge < -0.3 is 10.6 Å². The minimum absolute atomic E-state index is 0.0391. The van der Waals surface area contributed by atoms with E-state index in [1.807, 2.05) is 103 Å². The normalized spacial score (nSPS) is 18.1. The van der Waals surface area contributed by atoms with Crippen molar-refractivity contribution in [2.75, 3.05) is 15.5 Å². The highest BCUT2D eigenvalue weighted by Gasteiger charge is 2.36. The number of para-hydroxylation sites is 1. The number of hydrogen-bond donors (Lipinski definition) is 2. The third-order valence-corrected chi connectivity index (χ3v) is 9.67. The van der Waals surface area contributed by atoms with Crippen molar-refractivity contribution < 1.29 is 9.59 Å². The molecule has 1 aliphatic heterocycles. The number of anilines is 3. The number of carbonyl (C=O) groups is 2. The molecule has 0 bridgehead atoms. The van der Waals surface area contributed by atoms with Crippen molar-refractivity contribution >= 4 is 63.3 Å². The molecule has 200 valence electrons. The van der Waals surface area contributed by atoms with Crippen LogP contribution in [-0.2, 0) is 4.79 Å². The minimum Gasteiger partial charge on any atom is -0.325 e. The average Bonchev–Trinajstić information content (AvgIpc) is 2.98. The molecular formula is C33H29N3O2S2. The van der Waals surface area contributed by atoms with Gasteiger partial charge >= 0.3 is 6.03 Å². The summed E-state index contributed by atoms with van der Waals surface area (Å²) in [5.74, 6) is -0.0391. The number of amides is 3. The van der Waals surface area contributed by atoms with E-state index in [9.17, 15) is 9.59 Å². The Morgan fingerprint density at radius 3 is 2.50 bits per heavy atom. The maximum Gasteiger partial charge on any atom is 0.326 e. The molecule has 1 aliphatic carbocycles. The monoisotopic (exact) mass is 563 g/mol. The first-order valence-corrected chi connectivity index (χ1v) is 15.1. The van der Waals surface area contributed by atoms with Crippen molar-refractivity contribution in [3.05, 3.63) is 115 Å². The molecule has 7 heteroatoms. The summed E-state index contributed by atoms with van der Waals surface area (Å²) >= 11 is 3.29. The van der Waals surface area contributed by atoms with Crippen LogP contribution in [0.3, 0.4) is 0 Å². The van der Waals surface area contributed by atoms with Gasteiger partial charge in [0.15, 0.2) is 0 Å². The molecule has 0 radical (unpaired) electrons. The Balaban J connectivity index is 1.16. The Kier molecular flexibility index (Phi) is 7.66. The molecule has 4 aromatic carbocycles. The van der Waals surface area contributed by atoms with Gasteiger partial charge in [0.05, 0.1) is 22.2 Å². The molecule has 2 aliphatic rings. The molecule has 0 fully saturated rings. The van der Waals surface area contributed by atoms with Crippen LogP contribution < -0.4 is 15.5 Å². The molecule has 0 saturated carbocycles. The van der Waals surface area contributed by atoms with E-state index in [4.69, 9.17) is 0 Å². The van der Waals surface area contributed by atoms with Crippen molar-refractivity contribution in [3.63, 3.8) is 0 Å². The molecule has 0 spiro atoms. The van der Waals surface area contributed by atoms with Crippen LogP contribution in [0.4, 0.5) is 21.9 Å². The standard InChI is InChI=1S/C33H29N3O2S2/c1-2-29(32(37)34-25-19-18-22-10-3-4-11-23(22)20-25)39-26-13-9-12-24(21-26)35-33(38)36-27-14-5-7-16-30(27)40-31-17-8-6-15-28(31)36/h3-21,27,29-30H,2H2,1H3,(H,34,37)(H,35,38). The molecule has 2 N–H and O–H groups in total. The summed E-state index contributed by atoms with van der Waals surface area (Å²) in [7, 11) is 0. The van der Waals surface area contributed by atoms with Crippen LogP contribution in [0, 0.1) is 0 Å². The molecule has 0 aromatic heterocycles. The van der Waals surface area contributed by atoms with Gasteiger partial charge in [0.25, 0.3) is 0 Å². The number of thioether (sulfide) groups is 2. The molecule has 3 atom stereocenters. The van der Waals surface area contributed by atoms with Gasteiger partial charge in [-0.15, -0.1) is 23.5 Å². The summed E-state index contributed by atoms with van der Waals surface area (Å²) in [5, 5.41) is 8.31. The van der Waals surface area contributed by atoms with Gasteiger partial charge in [-0.25, -0.2) is 4.79 Å². The summed E-state index contributed by atoms with van der Waals surface area (Å²) in [6.07, 6.45) is 8.95.